The molecule has 2 bridgehead atoms. The number of esters is 2. The predicted molar refractivity (Wildman–Crippen MR) is 53.4 cm³/mol. The molecule has 5 nitrogen and oxygen atoms in total. The molecule has 0 aromatic rings. The Morgan fingerprint density at radius 3 is 2.44 bits per heavy atom. The van der Waals surface area contributed by atoms with Gasteiger partial charge in [0.1, 0.15) is 11.8 Å². The smallest absolute Gasteiger partial charge is 0.312 e. The molecule has 0 aliphatic carbocycles. The van der Waals surface area contributed by atoms with E-state index >= 15 is 0 Å². The Labute approximate surface area is 93.4 Å². The number of hydrogen-bond acceptors (Lipinski definition) is 5. The Kier molecular flexibility index (Phi) is 2.50. The zero-order chi connectivity index (χ0) is 11.9. The van der Waals surface area contributed by atoms with Crippen molar-refractivity contribution >= 4 is 11.9 Å². The van der Waals surface area contributed by atoms with Gasteiger partial charge in [0, 0.05) is 0 Å². The average Bonchev–Trinajstić information content (AvgIpc) is 2.79. The summed E-state index contributed by atoms with van der Waals surface area (Å²) in [6, 6.07) is 0. The van der Waals surface area contributed by atoms with Gasteiger partial charge in [-0.15, -0.1) is 0 Å². The van der Waals surface area contributed by atoms with E-state index in [-0.39, 0.29) is 6.10 Å². The lowest BCUT2D eigenvalue weighted by molar-refractivity contribution is -0.157. The zero-order valence-electron chi connectivity index (χ0n) is 9.43. The summed E-state index contributed by atoms with van der Waals surface area (Å²) in [4.78, 5) is 23.3. The molecule has 0 spiro atoms. The Hall–Kier alpha value is -1.36. The highest BCUT2D eigenvalue weighted by Gasteiger charge is 2.60. The van der Waals surface area contributed by atoms with E-state index in [1.807, 2.05) is 0 Å². The van der Waals surface area contributed by atoms with Gasteiger partial charge in [0.15, 0.2) is 0 Å². The molecule has 2 aliphatic rings. The van der Waals surface area contributed by atoms with Crippen molar-refractivity contribution < 1.29 is 23.8 Å². The largest absolute Gasteiger partial charge is 0.469 e. The maximum absolute atomic E-state index is 11.7. The van der Waals surface area contributed by atoms with E-state index < -0.39 is 29.4 Å². The molecule has 0 N–H and O–H groups in total. The number of rotatable bonds is 2. The van der Waals surface area contributed by atoms with E-state index in [4.69, 9.17) is 14.2 Å². The van der Waals surface area contributed by atoms with E-state index in [9.17, 15) is 9.59 Å². The van der Waals surface area contributed by atoms with Crippen LogP contribution in [0.5, 0.6) is 0 Å². The Bertz CT molecular complexity index is 361. The quantitative estimate of drug-likeness (QED) is 0.500. The molecule has 0 aromatic heterocycles. The molecule has 2 heterocycles. The van der Waals surface area contributed by atoms with Crippen molar-refractivity contribution in [3.8, 4) is 0 Å². The molecule has 0 saturated carbocycles. The van der Waals surface area contributed by atoms with Gasteiger partial charge >= 0.3 is 11.9 Å². The van der Waals surface area contributed by atoms with Crippen LogP contribution in [0.3, 0.4) is 0 Å². The molecule has 4 atom stereocenters. The highest BCUT2D eigenvalue weighted by molar-refractivity contribution is 5.85. The van der Waals surface area contributed by atoms with E-state index in [0.717, 1.165) is 0 Å². The Morgan fingerprint density at radius 1 is 1.25 bits per heavy atom. The standard InChI is InChI=1S/C11H14O5/c1-11-5-4-6(16-11)7(9(12)14-2)8(11)10(13)15-3/h4-8H,1-3H3/t6-,7-,8+,11+/m0/s1. The molecule has 2 aliphatic heterocycles. The van der Waals surface area contributed by atoms with Gasteiger partial charge in [-0.3, -0.25) is 9.59 Å². The van der Waals surface area contributed by atoms with Crippen LogP contribution in [0.2, 0.25) is 0 Å². The number of methoxy groups -OCH3 is 2. The van der Waals surface area contributed by atoms with Crippen molar-refractivity contribution in [2.75, 3.05) is 14.2 Å². The van der Waals surface area contributed by atoms with E-state index in [1.54, 1.807) is 19.1 Å². The molecular formula is C11H14O5. The highest BCUT2D eigenvalue weighted by Crippen LogP contribution is 2.47. The second-order valence-corrected chi connectivity index (χ2v) is 4.18. The first-order chi connectivity index (χ1) is 7.53. The van der Waals surface area contributed by atoms with Crippen LogP contribution in [-0.4, -0.2) is 37.9 Å². The number of ether oxygens (including phenoxy) is 3. The molecule has 0 amide bonds. The van der Waals surface area contributed by atoms with E-state index in [1.165, 1.54) is 14.2 Å². The lowest BCUT2D eigenvalue weighted by Gasteiger charge is -2.26. The minimum Gasteiger partial charge on any atom is -0.469 e. The van der Waals surface area contributed by atoms with Gasteiger partial charge in [-0.2, -0.15) is 0 Å². The van der Waals surface area contributed by atoms with E-state index in [0.29, 0.717) is 0 Å². The number of carbonyl (C=O) groups is 2. The van der Waals surface area contributed by atoms with Crippen LogP contribution in [0.15, 0.2) is 12.2 Å². The van der Waals surface area contributed by atoms with Gasteiger partial charge in [-0.05, 0) is 6.92 Å². The third-order valence-corrected chi connectivity index (χ3v) is 3.27. The first kappa shape index (κ1) is 11.1. The molecule has 16 heavy (non-hydrogen) atoms. The first-order valence-electron chi connectivity index (χ1n) is 5.06. The van der Waals surface area contributed by atoms with Crippen LogP contribution in [0.1, 0.15) is 6.92 Å². The van der Waals surface area contributed by atoms with Crippen molar-refractivity contribution in [1.29, 1.82) is 0 Å². The SMILES string of the molecule is COC(=O)[C@H]1[C@@H]2C=C[C@@](C)(O2)[C@H]1C(=O)OC. The normalized spacial score (nSPS) is 39.8. The maximum atomic E-state index is 11.7. The fourth-order valence-corrected chi connectivity index (χ4v) is 2.49. The zero-order valence-corrected chi connectivity index (χ0v) is 9.43. The number of fused-ring (bicyclic) bond motifs is 2. The third-order valence-electron chi connectivity index (χ3n) is 3.27. The van der Waals surface area contributed by atoms with Crippen molar-refractivity contribution in [2.45, 2.75) is 18.6 Å². The molecule has 0 unspecified atom stereocenters. The average molecular weight is 226 g/mol. The highest BCUT2D eigenvalue weighted by atomic mass is 16.6. The summed E-state index contributed by atoms with van der Waals surface area (Å²) in [5.74, 6) is -2.11. The first-order valence-corrected chi connectivity index (χ1v) is 5.06. The predicted octanol–water partition coefficient (Wildman–Crippen LogP) is 0.292. The summed E-state index contributed by atoms with van der Waals surface area (Å²) in [6.45, 7) is 1.77. The van der Waals surface area contributed by atoms with Crippen LogP contribution in [-0.2, 0) is 23.8 Å². The van der Waals surface area contributed by atoms with Gasteiger partial charge in [0.05, 0.1) is 25.9 Å². The lowest BCUT2D eigenvalue weighted by Crippen LogP contribution is -2.42. The topological polar surface area (TPSA) is 61.8 Å². The van der Waals surface area contributed by atoms with Crippen molar-refractivity contribution in [2.24, 2.45) is 11.8 Å². The summed E-state index contributed by atoms with van der Waals surface area (Å²) in [5.41, 5.74) is -0.753. The maximum Gasteiger partial charge on any atom is 0.312 e. The summed E-state index contributed by atoms with van der Waals surface area (Å²) in [6.07, 6.45) is 3.21. The molecule has 88 valence electrons. The molecule has 2 rings (SSSR count). The lowest BCUT2D eigenvalue weighted by atomic mass is 9.76. The molecular weight excluding hydrogens is 212 g/mol. The molecule has 5 heteroatoms. The van der Waals surface area contributed by atoms with Crippen molar-refractivity contribution in [3.63, 3.8) is 0 Å². The molecule has 0 aromatic carbocycles. The summed E-state index contributed by atoms with van der Waals surface area (Å²) >= 11 is 0. The van der Waals surface area contributed by atoms with Crippen LogP contribution in [0.25, 0.3) is 0 Å². The van der Waals surface area contributed by atoms with Crippen LogP contribution in [0.4, 0.5) is 0 Å². The summed E-state index contributed by atoms with van der Waals surface area (Å²) in [7, 11) is 2.60. The summed E-state index contributed by atoms with van der Waals surface area (Å²) in [5, 5.41) is 0. The number of hydrogen-bond donors (Lipinski definition) is 0. The fraction of sp³-hybridized carbons (Fsp3) is 0.636. The van der Waals surface area contributed by atoms with Crippen molar-refractivity contribution in [1.82, 2.24) is 0 Å². The minimum atomic E-state index is -0.753. The summed E-state index contributed by atoms with van der Waals surface area (Å²) < 4.78 is 15.0. The van der Waals surface area contributed by atoms with Gasteiger partial charge in [0.25, 0.3) is 0 Å². The van der Waals surface area contributed by atoms with Gasteiger partial charge < -0.3 is 14.2 Å². The number of carbonyl (C=O) groups excluding carboxylic acids is 2. The van der Waals surface area contributed by atoms with Gasteiger partial charge in [0.2, 0.25) is 0 Å². The molecule has 1 saturated heterocycles. The Balaban J connectivity index is 2.34. The fourth-order valence-electron chi connectivity index (χ4n) is 2.49. The molecule has 0 radical (unpaired) electrons. The van der Waals surface area contributed by atoms with Crippen LogP contribution < -0.4 is 0 Å². The van der Waals surface area contributed by atoms with Gasteiger partial charge in [-0.25, -0.2) is 0 Å². The third kappa shape index (κ3) is 1.35. The monoisotopic (exact) mass is 226 g/mol. The van der Waals surface area contributed by atoms with Crippen LogP contribution >= 0.6 is 0 Å². The second-order valence-electron chi connectivity index (χ2n) is 4.18. The van der Waals surface area contributed by atoms with Crippen LogP contribution in [0, 0.1) is 11.8 Å². The van der Waals surface area contributed by atoms with E-state index in [2.05, 4.69) is 0 Å². The van der Waals surface area contributed by atoms with Crippen molar-refractivity contribution in [3.05, 3.63) is 12.2 Å². The second kappa shape index (κ2) is 3.59. The van der Waals surface area contributed by atoms with Gasteiger partial charge in [-0.1, -0.05) is 12.2 Å². The Morgan fingerprint density at radius 2 is 1.88 bits per heavy atom. The minimum absolute atomic E-state index is 0.387. The molecule has 1 fully saturated rings.